The molecule has 0 bridgehead atoms. The number of rotatable bonds is 4. The van der Waals surface area contributed by atoms with E-state index < -0.39 is 0 Å². The van der Waals surface area contributed by atoms with Crippen LogP contribution in [0.25, 0.3) is 17.3 Å². The molecule has 1 aromatic heterocycles. The lowest BCUT2D eigenvalue weighted by Crippen LogP contribution is -1.95. The number of hydrogen-bond donors (Lipinski definition) is 3. The van der Waals surface area contributed by atoms with E-state index in [9.17, 15) is 15.0 Å². The number of benzene rings is 2. The fourth-order valence-electron chi connectivity index (χ4n) is 3.50. The van der Waals surface area contributed by atoms with Crippen LogP contribution < -0.4 is 0 Å². The molecule has 2 aromatic carbocycles. The summed E-state index contributed by atoms with van der Waals surface area (Å²) in [4.78, 5) is 12.6. The molecule has 136 valence electrons. The molecule has 1 heterocycles. The first-order valence-corrected chi connectivity index (χ1v) is 8.83. The molecule has 0 fully saturated rings. The Balaban J connectivity index is 1.62. The Morgan fingerprint density at radius 2 is 1.89 bits per heavy atom. The number of carbonyl (C=O) groups is 1. The quantitative estimate of drug-likeness (QED) is 0.624. The zero-order valence-corrected chi connectivity index (χ0v) is 15.0. The fourth-order valence-corrected chi connectivity index (χ4v) is 3.50. The van der Waals surface area contributed by atoms with Gasteiger partial charge in [-0.3, -0.25) is 9.89 Å². The van der Waals surface area contributed by atoms with Crippen molar-refractivity contribution in [3.63, 3.8) is 0 Å². The van der Waals surface area contributed by atoms with Gasteiger partial charge in [-0.25, -0.2) is 0 Å². The summed E-state index contributed by atoms with van der Waals surface area (Å²) in [6.07, 6.45) is 2.48. The Morgan fingerprint density at radius 1 is 1.07 bits per heavy atom. The maximum Gasteiger partial charge on any atom is 0.189 e. The number of nitrogens with one attached hydrogen (secondary N) is 1. The van der Waals surface area contributed by atoms with Crippen molar-refractivity contribution in [1.82, 2.24) is 10.2 Å². The van der Waals surface area contributed by atoms with Crippen molar-refractivity contribution in [3.05, 3.63) is 81.5 Å². The van der Waals surface area contributed by atoms with Crippen molar-refractivity contribution in [2.24, 2.45) is 0 Å². The molecular weight excluding hydrogens is 340 g/mol. The van der Waals surface area contributed by atoms with Gasteiger partial charge >= 0.3 is 0 Å². The van der Waals surface area contributed by atoms with Crippen LogP contribution in [0.2, 0.25) is 0 Å². The van der Waals surface area contributed by atoms with Gasteiger partial charge in [0.2, 0.25) is 0 Å². The standard InChI is InChI=1S/C22H20N2O3/c1-13-2-5-20-16(6-13)8-17(22(20)27)9-19-10-21(24-23-19)14-3-4-15(11-25)18(7-14)12-26/h2-7,9-10,25-26H,8,11-12H2,1H3,(H,23,24)/b17-9+. The Morgan fingerprint density at radius 3 is 2.67 bits per heavy atom. The van der Waals surface area contributed by atoms with E-state index in [1.165, 1.54) is 0 Å². The topological polar surface area (TPSA) is 86.2 Å². The second-order valence-corrected chi connectivity index (χ2v) is 6.84. The monoisotopic (exact) mass is 360 g/mol. The minimum atomic E-state index is -0.142. The number of aromatic amines is 1. The molecule has 0 spiro atoms. The molecule has 1 aliphatic carbocycles. The van der Waals surface area contributed by atoms with Crippen LogP contribution in [0.5, 0.6) is 0 Å². The maximum absolute atomic E-state index is 12.6. The van der Waals surface area contributed by atoms with Gasteiger partial charge in [0.15, 0.2) is 5.78 Å². The molecule has 5 heteroatoms. The number of hydrogen-bond acceptors (Lipinski definition) is 4. The Labute approximate surface area is 157 Å². The van der Waals surface area contributed by atoms with Gasteiger partial charge in [-0.05, 0) is 41.8 Å². The molecule has 4 rings (SSSR count). The number of ketones is 1. The SMILES string of the molecule is Cc1ccc2c(c1)C/C(=C\c1cc(-c3ccc(CO)c(CO)c3)n[nH]1)C2=O. The normalized spacial score (nSPS) is 14.8. The van der Waals surface area contributed by atoms with Crippen LogP contribution >= 0.6 is 0 Å². The second-order valence-electron chi connectivity index (χ2n) is 6.84. The Bertz CT molecular complexity index is 1060. The first-order valence-electron chi connectivity index (χ1n) is 8.83. The van der Waals surface area contributed by atoms with Crippen molar-refractivity contribution in [1.29, 1.82) is 0 Å². The van der Waals surface area contributed by atoms with Crippen molar-refractivity contribution in [3.8, 4) is 11.3 Å². The van der Waals surface area contributed by atoms with Gasteiger partial charge < -0.3 is 10.2 Å². The van der Waals surface area contributed by atoms with Crippen LogP contribution in [0.1, 0.15) is 38.3 Å². The van der Waals surface area contributed by atoms with Crippen LogP contribution in [-0.4, -0.2) is 26.2 Å². The third-order valence-corrected chi connectivity index (χ3v) is 4.95. The maximum atomic E-state index is 12.6. The smallest absolute Gasteiger partial charge is 0.189 e. The van der Waals surface area contributed by atoms with Crippen LogP contribution in [0.3, 0.4) is 0 Å². The van der Waals surface area contributed by atoms with E-state index >= 15 is 0 Å². The van der Waals surface area contributed by atoms with Gasteiger partial charge in [0, 0.05) is 23.1 Å². The van der Waals surface area contributed by atoms with Gasteiger partial charge in [-0.15, -0.1) is 0 Å². The molecule has 0 saturated carbocycles. The van der Waals surface area contributed by atoms with Crippen molar-refractivity contribution in [2.45, 2.75) is 26.6 Å². The van der Waals surface area contributed by atoms with Crippen molar-refractivity contribution >= 4 is 11.9 Å². The van der Waals surface area contributed by atoms with Crippen LogP contribution in [0.15, 0.2) is 48.0 Å². The summed E-state index contributed by atoms with van der Waals surface area (Å²) < 4.78 is 0. The molecule has 5 nitrogen and oxygen atoms in total. The summed E-state index contributed by atoms with van der Waals surface area (Å²) >= 11 is 0. The zero-order valence-electron chi connectivity index (χ0n) is 15.0. The summed E-state index contributed by atoms with van der Waals surface area (Å²) in [6, 6.07) is 13.3. The Kier molecular flexibility index (Phi) is 4.48. The molecular formula is C22H20N2O3. The number of fused-ring (bicyclic) bond motifs is 1. The number of aliphatic hydroxyl groups excluding tert-OH is 2. The van der Waals surface area contributed by atoms with Gasteiger partial charge in [-0.2, -0.15) is 5.10 Å². The van der Waals surface area contributed by atoms with E-state index in [4.69, 9.17) is 0 Å². The van der Waals surface area contributed by atoms with Gasteiger partial charge in [0.25, 0.3) is 0 Å². The summed E-state index contributed by atoms with van der Waals surface area (Å²) in [5, 5.41) is 26.1. The minimum absolute atomic E-state index is 0.0658. The highest BCUT2D eigenvalue weighted by molar-refractivity contribution is 6.15. The largest absolute Gasteiger partial charge is 0.392 e. The lowest BCUT2D eigenvalue weighted by atomic mass is 10.0. The Hall–Kier alpha value is -3.02. The molecule has 0 saturated heterocycles. The predicted octanol–water partition coefficient (Wildman–Crippen LogP) is 3.19. The van der Waals surface area contributed by atoms with Crippen molar-refractivity contribution < 1.29 is 15.0 Å². The number of Topliss-reactive ketones (excluding diaryl/α,β-unsaturated/α-hetero) is 1. The summed E-state index contributed by atoms with van der Waals surface area (Å²) in [5.41, 5.74) is 7.44. The molecule has 3 N–H and O–H groups in total. The minimum Gasteiger partial charge on any atom is -0.392 e. The number of aliphatic hydroxyl groups is 2. The molecule has 27 heavy (non-hydrogen) atoms. The van der Waals surface area contributed by atoms with E-state index in [1.54, 1.807) is 6.07 Å². The van der Waals surface area contributed by atoms with E-state index in [2.05, 4.69) is 16.3 Å². The van der Waals surface area contributed by atoms with Crippen LogP contribution in [0, 0.1) is 6.92 Å². The summed E-state index contributed by atoms with van der Waals surface area (Å²) in [6.45, 7) is 1.77. The first-order chi connectivity index (χ1) is 13.1. The number of H-pyrrole nitrogens is 1. The van der Waals surface area contributed by atoms with E-state index in [0.717, 1.165) is 39.2 Å². The molecule has 0 aliphatic heterocycles. The number of aromatic nitrogens is 2. The van der Waals surface area contributed by atoms with Gasteiger partial charge in [-0.1, -0.05) is 35.9 Å². The highest BCUT2D eigenvalue weighted by atomic mass is 16.3. The van der Waals surface area contributed by atoms with Crippen LogP contribution in [0.4, 0.5) is 0 Å². The third kappa shape index (κ3) is 3.23. The lowest BCUT2D eigenvalue weighted by molar-refractivity contribution is 0.104. The molecule has 0 amide bonds. The highest BCUT2D eigenvalue weighted by Gasteiger charge is 2.24. The number of carbonyl (C=O) groups excluding carboxylic acids is 1. The summed E-state index contributed by atoms with van der Waals surface area (Å²) in [5.74, 6) is 0.0658. The highest BCUT2D eigenvalue weighted by Crippen LogP contribution is 2.29. The average molecular weight is 360 g/mol. The molecule has 0 radical (unpaired) electrons. The van der Waals surface area contributed by atoms with E-state index in [1.807, 2.05) is 43.3 Å². The van der Waals surface area contributed by atoms with Crippen LogP contribution in [-0.2, 0) is 19.6 Å². The number of nitrogens with zero attached hydrogens (tertiary/aromatic N) is 1. The van der Waals surface area contributed by atoms with Gasteiger partial charge in [0.1, 0.15) is 0 Å². The predicted molar refractivity (Wildman–Crippen MR) is 103 cm³/mol. The molecule has 0 atom stereocenters. The summed E-state index contributed by atoms with van der Waals surface area (Å²) in [7, 11) is 0. The van der Waals surface area contributed by atoms with E-state index in [0.29, 0.717) is 17.5 Å². The third-order valence-electron chi connectivity index (χ3n) is 4.95. The van der Waals surface area contributed by atoms with E-state index in [-0.39, 0.29) is 19.0 Å². The number of aryl methyl sites for hydroxylation is 1. The van der Waals surface area contributed by atoms with Crippen molar-refractivity contribution in [2.75, 3.05) is 0 Å². The zero-order chi connectivity index (χ0) is 19.0. The first kappa shape index (κ1) is 17.4. The molecule has 1 aliphatic rings. The lowest BCUT2D eigenvalue weighted by Gasteiger charge is -2.06. The molecule has 3 aromatic rings. The van der Waals surface area contributed by atoms with Gasteiger partial charge in [0.05, 0.1) is 24.6 Å². The fraction of sp³-hybridized carbons (Fsp3) is 0.182. The average Bonchev–Trinajstić information content (AvgIpc) is 3.26. The molecule has 0 unspecified atom stereocenters. The second kappa shape index (κ2) is 6.95. The number of allylic oxidation sites excluding steroid dienone is 1.